The van der Waals surface area contributed by atoms with Crippen LogP contribution in [0, 0.1) is 13.8 Å². The second-order valence-corrected chi connectivity index (χ2v) is 5.85. The van der Waals surface area contributed by atoms with Crippen molar-refractivity contribution in [1.82, 2.24) is 5.43 Å². The largest absolute Gasteiger partial charge is 0.496 e. The fourth-order valence-corrected chi connectivity index (χ4v) is 3.50. The molecule has 0 aromatic heterocycles. The monoisotopic (exact) mass is 282 g/mol. The highest BCUT2D eigenvalue weighted by Gasteiger charge is 2.35. The highest BCUT2D eigenvalue weighted by molar-refractivity contribution is 5.50. The van der Waals surface area contributed by atoms with Crippen molar-refractivity contribution in [2.45, 2.75) is 32.2 Å². The Bertz CT molecular complexity index is 666. The Labute approximate surface area is 126 Å². The molecule has 2 unspecified atom stereocenters. The van der Waals surface area contributed by atoms with Gasteiger partial charge in [-0.15, -0.1) is 0 Å². The van der Waals surface area contributed by atoms with Crippen LogP contribution in [-0.4, -0.2) is 7.11 Å². The van der Waals surface area contributed by atoms with Gasteiger partial charge in [0.15, 0.2) is 0 Å². The number of aryl methyl sites for hydroxylation is 2. The molecule has 2 aromatic rings. The lowest BCUT2D eigenvalue weighted by atomic mass is 9.71. The molecule has 0 saturated carbocycles. The minimum absolute atomic E-state index is 0.0791. The average molecular weight is 282 g/mol. The van der Waals surface area contributed by atoms with Gasteiger partial charge in [0, 0.05) is 11.5 Å². The number of ether oxygens (including phenoxy) is 1. The van der Waals surface area contributed by atoms with E-state index in [1.165, 1.54) is 27.8 Å². The van der Waals surface area contributed by atoms with Crippen LogP contribution in [0.5, 0.6) is 5.75 Å². The summed E-state index contributed by atoms with van der Waals surface area (Å²) in [5.41, 5.74) is 9.43. The lowest BCUT2D eigenvalue weighted by Crippen LogP contribution is -2.37. The van der Waals surface area contributed by atoms with Gasteiger partial charge in [-0.2, -0.15) is 0 Å². The molecule has 1 aliphatic rings. The van der Waals surface area contributed by atoms with Gasteiger partial charge in [-0.05, 0) is 48.6 Å². The third-order valence-corrected chi connectivity index (χ3v) is 4.50. The molecule has 0 heterocycles. The van der Waals surface area contributed by atoms with Crippen molar-refractivity contribution in [2.24, 2.45) is 5.84 Å². The molecule has 3 N–H and O–H groups in total. The van der Waals surface area contributed by atoms with Crippen molar-refractivity contribution < 1.29 is 4.74 Å². The van der Waals surface area contributed by atoms with Crippen LogP contribution >= 0.6 is 0 Å². The molecule has 0 amide bonds. The van der Waals surface area contributed by atoms with Gasteiger partial charge < -0.3 is 4.74 Å². The minimum Gasteiger partial charge on any atom is -0.496 e. The van der Waals surface area contributed by atoms with Gasteiger partial charge in [0.05, 0.1) is 13.2 Å². The Morgan fingerprint density at radius 1 is 1.24 bits per heavy atom. The third kappa shape index (κ3) is 2.33. The van der Waals surface area contributed by atoms with Crippen LogP contribution in [0.2, 0.25) is 0 Å². The molecule has 0 aliphatic heterocycles. The maximum Gasteiger partial charge on any atom is 0.124 e. The van der Waals surface area contributed by atoms with E-state index in [-0.39, 0.29) is 6.04 Å². The highest BCUT2D eigenvalue weighted by Crippen LogP contribution is 2.46. The Kier molecular flexibility index (Phi) is 3.70. The van der Waals surface area contributed by atoms with Gasteiger partial charge in [0.1, 0.15) is 5.75 Å². The van der Waals surface area contributed by atoms with Gasteiger partial charge in [-0.25, -0.2) is 0 Å². The summed E-state index contributed by atoms with van der Waals surface area (Å²) >= 11 is 0. The first-order valence-electron chi connectivity index (χ1n) is 7.34. The number of nitrogens with two attached hydrogens (primary N) is 1. The van der Waals surface area contributed by atoms with Gasteiger partial charge in [-0.3, -0.25) is 11.3 Å². The molecular weight excluding hydrogens is 260 g/mol. The summed E-state index contributed by atoms with van der Waals surface area (Å²) < 4.78 is 5.60. The number of fused-ring (bicyclic) bond motifs is 1. The Morgan fingerprint density at radius 3 is 2.67 bits per heavy atom. The second kappa shape index (κ2) is 5.51. The van der Waals surface area contributed by atoms with E-state index in [9.17, 15) is 0 Å². The summed E-state index contributed by atoms with van der Waals surface area (Å²) in [6.07, 6.45) is 1.06. The maximum atomic E-state index is 5.90. The van der Waals surface area contributed by atoms with E-state index in [4.69, 9.17) is 10.6 Å². The quantitative estimate of drug-likeness (QED) is 0.669. The van der Waals surface area contributed by atoms with Crippen LogP contribution < -0.4 is 16.0 Å². The summed E-state index contributed by atoms with van der Waals surface area (Å²) in [4.78, 5) is 0. The number of hydrogen-bond donors (Lipinski definition) is 2. The Hall–Kier alpha value is -1.84. The second-order valence-electron chi connectivity index (χ2n) is 5.85. The number of benzene rings is 2. The van der Waals surface area contributed by atoms with Gasteiger partial charge in [0.2, 0.25) is 0 Å². The van der Waals surface area contributed by atoms with E-state index < -0.39 is 0 Å². The molecular formula is C18H22N2O. The first-order valence-corrected chi connectivity index (χ1v) is 7.34. The predicted molar refractivity (Wildman–Crippen MR) is 85.4 cm³/mol. The number of methoxy groups -OCH3 is 1. The smallest absolute Gasteiger partial charge is 0.124 e. The predicted octanol–water partition coefficient (Wildman–Crippen LogP) is 3.16. The molecule has 0 fully saturated rings. The van der Waals surface area contributed by atoms with E-state index in [0.717, 1.165) is 12.2 Å². The van der Waals surface area contributed by atoms with E-state index in [0.29, 0.717) is 5.92 Å². The van der Waals surface area contributed by atoms with Crippen molar-refractivity contribution in [1.29, 1.82) is 0 Å². The molecule has 2 aromatic carbocycles. The van der Waals surface area contributed by atoms with E-state index in [1.807, 2.05) is 0 Å². The van der Waals surface area contributed by atoms with E-state index in [2.05, 4.69) is 55.7 Å². The fraction of sp³-hybridized carbons (Fsp3) is 0.333. The first kappa shape index (κ1) is 14.1. The number of hydrogen-bond acceptors (Lipinski definition) is 3. The maximum absolute atomic E-state index is 5.90. The number of nitrogens with one attached hydrogen (secondary N) is 1. The van der Waals surface area contributed by atoms with Crippen molar-refractivity contribution in [2.75, 3.05) is 7.11 Å². The van der Waals surface area contributed by atoms with Crippen molar-refractivity contribution in [3.63, 3.8) is 0 Å². The van der Waals surface area contributed by atoms with Crippen LogP contribution in [0.3, 0.4) is 0 Å². The lowest BCUT2D eigenvalue weighted by molar-refractivity contribution is 0.373. The van der Waals surface area contributed by atoms with E-state index >= 15 is 0 Å². The molecule has 0 spiro atoms. The van der Waals surface area contributed by atoms with Crippen molar-refractivity contribution in [3.05, 3.63) is 64.2 Å². The standard InChI is InChI=1S/C18H22N2O/c1-11-8-12(2)17(16(9-11)21-3)18(20-19)15-10-13-6-4-5-7-14(13)15/h4-9,15,18,20H,10,19H2,1-3H3. The minimum atomic E-state index is 0.0791. The fourth-order valence-electron chi connectivity index (χ4n) is 3.50. The Balaban J connectivity index is 2.03. The SMILES string of the molecule is COc1cc(C)cc(C)c1C(NN)C1Cc2ccccc21. The summed E-state index contributed by atoms with van der Waals surface area (Å²) in [6, 6.07) is 12.9. The molecule has 0 bridgehead atoms. The zero-order chi connectivity index (χ0) is 15.0. The summed E-state index contributed by atoms with van der Waals surface area (Å²) in [6.45, 7) is 4.21. The van der Waals surface area contributed by atoms with Crippen LogP contribution in [0.25, 0.3) is 0 Å². The molecule has 2 atom stereocenters. The van der Waals surface area contributed by atoms with Crippen LogP contribution in [0.15, 0.2) is 36.4 Å². The molecule has 0 radical (unpaired) electrons. The van der Waals surface area contributed by atoms with Gasteiger partial charge >= 0.3 is 0 Å². The van der Waals surface area contributed by atoms with Gasteiger partial charge in [0.25, 0.3) is 0 Å². The molecule has 1 aliphatic carbocycles. The summed E-state index contributed by atoms with van der Waals surface area (Å²) in [7, 11) is 1.72. The molecule has 3 heteroatoms. The van der Waals surface area contributed by atoms with Gasteiger partial charge in [-0.1, -0.05) is 30.3 Å². The summed E-state index contributed by atoms with van der Waals surface area (Å²) in [5.74, 6) is 7.22. The molecule has 110 valence electrons. The highest BCUT2D eigenvalue weighted by atomic mass is 16.5. The third-order valence-electron chi connectivity index (χ3n) is 4.50. The van der Waals surface area contributed by atoms with Crippen LogP contribution in [-0.2, 0) is 6.42 Å². The van der Waals surface area contributed by atoms with Crippen LogP contribution in [0.4, 0.5) is 0 Å². The zero-order valence-electron chi connectivity index (χ0n) is 12.8. The summed E-state index contributed by atoms with van der Waals surface area (Å²) in [5, 5.41) is 0. The zero-order valence-corrected chi connectivity index (χ0v) is 12.8. The van der Waals surface area contributed by atoms with Crippen molar-refractivity contribution in [3.8, 4) is 5.75 Å². The number of rotatable bonds is 4. The Morgan fingerprint density at radius 2 is 2.00 bits per heavy atom. The molecule has 21 heavy (non-hydrogen) atoms. The molecule has 3 nitrogen and oxygen atoms in total. The topological polar surface area (TPSA) is 47.3 Å². The first-order chi connectivity index (χ1) is 10.2. The normalized spacial score (nSPS) is 17.8. The number of hydrazine groups is 1. The van der Waals surface area contributed by atoms with Crippen LogP contribution in [0.1, 0.15) is 39.8 Å². The van der Waals surface area contributed by atoms with E-state index in [1.54, 1.807) is 7.11 Å². The van der Waals surface area contributed by atoms with Crippen molar-refractivity contribution >= 4 is 0 Å². The average Bonchev–Trinajstić information content (AvgIpc) is 2.45. The molecule has 0 saturated heterocycles. The molecule has 3 rings (SSSR count). The lowest BCUT2D eigenvalue weighted by Gasteiger charge is -2.37.